The summed E-state index contributed by atoms with van der Waals surface area (Å²) in [5.74, 6) is 2.16. The molecular formula is C16H20N2O. The second kappa shape index (κ2) is 5.83. The minimum Gasteiger partial charge on any atom is -0.493 e. The Morgan fingerprint density at radius 2 is 1.89 bits per heavy atom. The second-order valence-electron chi connectivity index (χ2n) is 5.15. The molecule has 0 saturated carbocycles. The number of para-hydroxylation sites is 1. The van der Waals surface area contributed by atoms with Gasteiger partial charge in [-0.25, -0.2) is 9.97 Å². The van der Waals surface area contributed by atoms with Gasteiger partial charge in [0.1, 0.15) is 11.6 Å². The summed E-state index contributed by atoms with van der Waals surface area (Å²) >= 11 is 0. The Hall–Kier alpha value is -1.90. The Bertz CT molecular complexity index is 564. The summed E-state index contributed by atoms with van der Waals surface area (Å²) in [5, 5.41) is 0. The zero-order valence-electron chi connectivity index (χ0n) is 12.0. The number of nitrogens with zero attached hydrogens (tertiary/aromatic N) is 2. The predicted octanol–water partition coefficient (Wildman–Crippen LogP) is 3.80. The monoisotopic (exact) mass is 256 g/mol. The van der Waals surface area contributed by atoms with Crippen LogP contribution in [0.15, 0.2) is 30.5 Å². The summed E-state index contributed by atoms with van der Waals surface area (Å²) in [6.07, 6.45) is 1.86. The van der Waals surface area contributed by atoms with E-state index in [1.165, 1.54) is 0 Å². The number of hydrogen-bond donors (Lipinski definition) is 0. The molecule has 1 aromatic carbocycles. The standard InChI is InChI=1S/C16H20N2O/c1-11(2)10-19-15-8-6-5-7-14(15)16-12(3)9-17-13(4)18-16/h5-9,11H,10H2,1-4H3. The molecule has 0 fully saturated rings. The Balaban J connectivity index is 2.41. The second-order valence-corrected chi connectivity index (χ2v) is 5.15. The highest BCUT2D eigenvalue weighted by Gasteiger charge is 2.11. The van der Waals surface area contributed by atoms with Gasteiger partial charge in [-0.1, -0.05) is 26.0 Å². The minimum absolute atomic E-state index is 0.501. The van der Waals surface area contributed by atoms with E-state index in [1.54, 1.807) is 0 Å². The molecule has 2 rings (SSSR count). The molecular weight excluding hydrogens is 236 g/mol. The smallest absolute Gasteiger partial charge is 0.128 e. The molecule has 3 heteroatoms. The number of ether oxygens (including phenoxy) is 1. The zero-order chi connectivity index (χ0) is 13.8. The zero-order valence-corrected chi connectivity index (χ0v) is 12.0. The van der Waals surface area contributed by atoms with Gasteiger partial charge in [-0.3, -0.25) is 0 Å². The van der Waals surface area contributed by atoms with Crippen LogP contribution >= 0.6 is 0 Å². The lowest BCUT2D eigenvalue weighted by Gasteiger charge is -2.14. The normalized spacial score (nSPS) is 10.8. The average Bonchev–Trinajstić information content (AvgIpc) is 2.39. The lowest BCUT2D eigenvalue weighted by Crippen LogP contribution is -2.06. The number of aryl methyl sites for hydroxylation is 2. The largest absolute Gasteiger partial charge is 0.493 e. The Labute approximate surface area is 114 Å². The van der Waals surface area contributed by atoms with Crippen LogP contribution in [0.4, 0.5) is 0 Å². The molecule has 0 bridgehead atoms. The molecule has 0 unspecified atom stereocenters. The van der Waals surface area contributed by atoms with Crippen molar-refractivity contribution in [2.75, 3.05) is 6.61 Å². The van der Waals surface area contributed by atoms with Crippen molar-refractivity contribution >= 4 is 0 Å². The minimum atomic E-state index is 0.501. The van der Waals surface area contributed by atoms with Crippen molar-refractivity contribution in [3.05, 3.63) is 41.9 Å². The van der Waals surface area contributed by atoms with Crippen LogP contribution in [0.25, 0.3) is 11.3 Å². The van der Waals surface area contributed by atoms with E-state index in [-0.39, 0.29) is 0 Å². The van der Waals surface area contributed by atoms with E-state index < -0.39 is 0 Å². The van der Waals surface area contributed by atoms with Crippen LogP contribution in [0.3, 0.4) is 0 Å². The van der Waals surface area contributed by atoms with Crippen molar-refractivity contribution in [2.24, 2.45) is 5.92 Å². The van der Waals surface area contributed by atoms with E-state index in [0.29, 0.717) is 12.5 Å². The van der Waals surface area contributed by atoms with Crippen LogP contribution < -0.4 is 4.74 Å². The molecule has 0 radical (unpaired) electrons. The van der Waals surface area contributed by atoms with Crippen molar-refractivity contribution in [2.45, 2.75) is 27.7 Å². The van der Waals surface area contributed by atoms with Gasteiger partial charge in [-0.05, 0) is 37.5 Å². The first kappa shape index (κ1) is 13.5. The van der Waals surface area contributed by atoms with Gasteiger partial charge in [0, 0.05) is 11.8 Å². The Morgan fingerprint density at radius 1 is 1.16 bits per heavy atom. The van der Waals surface area contributed by atoms with Gasteiger partial charge in [0.25, 0.3) is 0 Å². The highest BCUT2D eigenvalue weighted by atomic mass is 16.5. The van der Waals surface area contributed by atoms with E-state index in [0.717, 1.165) is 28.4 Å². The van der Waals surface area contributed by atoms with Crippen molar-refractivity contribution in [1.29, 1.82) is 0 Å². The average molecular weight is 256 g/mol. The Kier molecular flexibility index (Phi) is 4.15. The first-order chi connectivity index (χ1) is 9.08. The maximum atomic E-state index is 5.89. The third-order valence-corrected chi connectivity index (χ3v) is 2.81. The lowest BCUT2D eigenvalue weighted by atomic mass is 10.1. The van der Waals surface area contributed by atoms with Gasteiger partial charge in [0.2, 0.25) is 0 Å². The van der Waals surface area contributed by atoms with Gasteiger partial charge in [0.05, 0.1) is 12.3 Å². The van der Waals surface area contributed by atoms with Crippen LogP contribution in [-0.2, 0) is 0 Å². The molecule has 0 aliphatic rings. The van der Waals surface area contributed by atoms with Crippen LogP contribution in [0.2, 0.25) is 0 Å². The van der Waals surface area contributed by atoms with E-state index in [1.807, 2.05) is 44.3 Å². The molecule has 0 saturated heterocycles. The molecule has 0 aliphatic carbocycles. The van der Waals surface area contributed by atoms with Crippen LogP contribution in [0.5, 0.6) is 5.75 Å². The van der Waals surface area contributed by atoms with E-state index in [4.69, 9.17) is 4.74 Å². The number of rotatable bonds is 4. The molecule has 0 spiro atoms. The quantitative estimate of drug-likeness (QED) is 0.834. The van der Waals surface area contributed by atoms with Crippen LogP contribution in [0.1, 0.15) is 25.2 Å². The van der Waals surface area contributed by atoms with Crippen LogP contribution in [-0.4, -0.2) is 16.6 Å². The lowest BCUT2D eigenvalue weighted by molar-refractivity contribution is 0.272. The van der Waals surface area contributed by atoms with E-state index in [9.17, 15) is 0 Å². The summed E-state index contributed by atoms with van der Waals surface area (Å²) in [7, 11) is 0. The molecule has 3 nitrogen and oxygen atoms in total. The van der Waals surface area contributed by atoms with E-state index >= 15 is 0 Å². The number of benzene rings is 1. The number of aromatic nitrogens is 2. The van der Waals surface area contributed by atoms with Gasteiger partial charge >= 0.3 is 0 Å². The van der Waals surface area contributed by atoms with Crippen molar-refractivity contribution in [3.63, 3.8) is 0 Å². The highest BCUT2D eigenvalue weighted by Crippen LogP contribution is 2.30. The molecule has 2 aromatic rings. The summed E-state index contributed by atoms with van der Waals surface area (Å²) < 4.78 is 5.89. The first-order valence-electron chi connectivity index (χ1n) is 6.60. The SMILES string of the molecule is Cc1ncc(C)c(-c2ccccc2OCC(C)C)n1. The Morgan fingerprint density at radius 3 is 2.63 bits per heavy atom. The third-order valence-electron chi connectivity index (χ3n) is 2.81. The number of hydrogen-bond acceptors (Lipinski definition) is 3. The fraction of sp³-hybridized carbons (Fsp3) is 0.375. The summed E-state index contributed by atoms with van der Waals surface area (Å²) in [4.78, 5) is 8.76. The molecule has 0 aliphatic heterocycles. The van der Waals surface area contributed by atoms with Crippen molar-refractivity contribution in [3.8, 4) is 17.0 Å². The molecule has 0 atom stereocenters. The fourth-order valence-electron chi connectivity index (χ4n) is 1.85. The topological polar surface area (TPSA) is 35.0 Å². The molecule has 1 heterocycles. The third kappa shape index (κ3) is 3.31. The molecule has 0 amide bonds. The summed E-state index contributed by atoms with van der Waals surface area (Å²) in [5.41, 5.74) is 3.05. The fourth-order valence-corrected chi connectivity index (χ4v) is 1.85. The van der Waals surface area contributed by atoms with Crippen LogP contribution in [0, 0.1) is 19.8 Å². The predicted molar refractivity (Wildman–Crippen MR) is 77.3 cm³/mol. The van der Waals surface area contributed by atoms with Crippen molar-refractivity contribution in [1.82, 2.24) is 9.97 Å². The van der Waals surface area contributed by atoms with Gasteiger partial charge in [-0.2, -0.15) is 0 Å². The first-order valence-corrected chi connectivity index (χ1v) is 6.60. The molecule has 0 N–H and O–H groups in total. The molecule has 19 heavy (non-hydrogen) atoms. The van der Waals surface area contributed by atoms with Crippen molar-refractivity contribution < 1.29 is 4.74 Å². The molecule has 1 aromatic heterocycles. The highest BCUT2D eigenvalue weighted by molar-refractivity contribution is 5.69. The van der Waals surface area contributed by atoms with Gasteiger partial charge < -0.3 is 4.74 Å². The summed E-state index contributed by atoms with van der Waals surface area (Å²) in [6.45, 7) is 8.92. The molecule has 100 valence electrons. The summed E-state index contributed by atoms with van der Waals surface area (Å²) in [6, 6.07) is 8.04. The maximum absolute atomic E-state index is 5.89. The van der Waals surface area contributed by atoms with Gasteiger partial charge in [0.15, 0.2) is 0 Å². The van der Waals surface area contributed by atoms with Gasteiger partial charge in [-0.15, -0.1) is 0 Å². The maximum Gasteiger partial charge on any atom is 0.128 e. The van der Waals surface area contributed by atoms with E-state index in [2.05, 4.69) is 23.8 Å².